The van der Waals surface area contributed by atoms with E-state index in [1.54, 1.807) is 0 Å². The van der Waals surface area contributed by atoms with Crippen molar-refractivity contribution in [3.63, 3.8) is 0 Å². The standard InChI is InChI=1S/C12H17ClN2O2S/c1-2-5-8-6-3-4-7-15(8)12-14-10(13)9(18-12)11(16)17/h8H,2-7H2,1H3,(H,16,17). The Kier molecular flexibility index (Phi) is 4.45. The highest BCUT2D eigenvalue weighted by molar-refractivity contribution is 7.18. The maximum atomic E-state index is 11.0. The van der Waals surface area contributed by atoms with Gasteiger partial charge in [0.1, 0.15) is 0 Å². The van der Waals surface area contributed by atoms with Gasteiger partial charge in [-0.15, -0.1) is 0 Å². The number of anilines is 1. The Balaban J connectivity index is 2.22. The number of thiazole rings is 1. The van der Waals surface area contributed by atoms with Crippen molar-refractivity contribution in [1.29, 1.82) is 0 Å². The average Bonchev–Trinajstić information content (AvgIpc) is 2.72. The lowest BCUT2D eigenvalue weighted by molar-refractivity contribution is 0.0702. The summed E-state index contributed by atoms with van der Waals surface area (Å²) in [6.45, 7) is 3.12. The first-order valence-electron chi connectivity index (χ1n) is 6.29. The van der Waals surface area contributed by atoms with Crippen LogP contribution >= 0.6 is 22.9 Å². The molecular weight excluding hydrogens is 272 g/mol. The third kappa shape index (κ3) is 2.78. The Hall–Kier alpha value is -0.810. The molecular formula is C12H17ClN2O2S. The van der Waals surface area contributed by atoms with Crippen LogP contribution in [-0.2, 0) is 0 Å². The van der Waals surface area contributed by atoms with Gasteiger partial charge in [-0.1, -0.05) is 36.3 Å². The van der Waals surface area contributed by atoms with Crippen LogP contribution in [0.3, 0.4) is 0 Å². The van der Waals surface area contributed by atoms with Crippen LogP contribution in [0.4, 0.5) is 5.13 Å². The molecule has 1 aromatic heterocycles. The van der Waals surface area contributed by atoms with Crippen molar-refractivity contribution in [1.82, 2.24) is 4.98 Å². The van der Waals surface area contributed by atoms with Crippen LogP contribution in [0.5, 0.6) is 0 Å². The molecule has 0 spiro atoms. The molecule has 0 bridgehead atoms. The molecule has 2 rings (SSSR count). The van der Waals surface area contributed by atoms with Crippen LogP contribution in [-0.4, -0.2) is 28.6 Å². The average molecular weight is 289 g/mol. The number of carboxylic acids is 1. The van der Waals surface area contributed by atoms with Gasteiger partial charge in [0, 0.05) is 12.6 Å². The summed E-state index contributed by atoms with van der Waals surface area (Å²) >= 11 is 7.06. The Morgan fingerprint density at radius 1 is 1.61 bits per heavy atom. The zero-order valence-corrected chi connectivity index (χ0v) is 11.9. The number of nitrogens with zero attached hydrogens (tertiary/aromatic N) is 2. The van der Waals surface area contributed by atoms with Crippen LogP contribution in [0.1, 0.15) is 48.7 Å². The minimum Gasteiger partial charge on any atom is -0.477 e. The van der Waals surface area contributed by atoms with E-state index in [9.17, 15) is 4.79 Å². The zero-order valence-electron chi connectivity index (χ0n) is 10.4. The highest BCUT2D eigenvalue weighted by Gasteiger charge is 2.26. The summed E-state index contributed by atoms with van der Waals surface area (Å²) in [7, 11) is 0. The monoisotopic (exact) mass is 288 g/mol. The fourth-order valence-electron chi connectivity index (χ4n) is 2.43. The first-order chi connectivity index (χ1) is 8.63. The summed E-state index contributed by atoms with van der Waals surface area (Å²) in [5.41, 5.74) is 0. The summed E-state index contributed by atoms with van der Waals surface area (Å²) in [4.78, 5) is 17.6. The molecule has 4 nitrogen and oxygen atoms in total. The smallest absolute Gasteiger partial charge is 0.349 e. The van der Waals surface area contributed by atoms with Crippen LogP contribution in [0, 0.1) is 0 Å². The van der Waals surface area contributed by atoms with E-state index in [1.807, 2.05) is 0 Å². The maximum absolute atomic E-state index is 11.0. The number of hydrogen-bond acceptors (Lipinski definition) is 4. The van der Waals surface area contributed by atoms with Gasteiger partial charge in [-0.3, -0.25) is 0 Å². The third-order valence-corrected chi connectivity index (χ3v) is 4.73. The minimum absolute atomic E-state index is 0.114. The molecule has 6 heteroatoms. The fraction of sp³-hybridized carbons (Fsp3) is 0.667. The van der Waals surface area contributed by atoms with Crippen LogP contribution in [0.25, 0.3) is 0 Å². The molecule has 1 atom stereocenters. The molecule has 1 aliphatic heterocycles. The minimum atomic E-state index is -0.993. The Morgan fingerprint density at radius 2 is 2.39 bits per heavy atom. The number of aromatic carboxylic acids is 1. The van der Waals surface area contributed by atoms with Crippen LogP contribution in [0.15, 0.2) is 0 Å². The topological polar surface area (TPSA) is 53.4 Å². The summed E-state index contributed by atoms with van der Waals surface area (Å²) < 4.78 is 0. The maximum Gasteiger partial charge on any atom is 0.349 e. The van der Waals surface area contributed by atoms with Crippen molar-refractivity contribution in [2.45, 2.75) is 45.1 Å². The number of carbonyl (C=O) groups is 1. The lowest BCUT2D eigenvalue weighted by Gasteiger charge is -2.35. The van der Waals surface area contributed by atoms with E-state index in [0.29, 0.717) is 6.04 Å². The molecule has 0 aromatic carbocycles. The number of piperidine rings is 1. The molecule has 18 heavy (non-hydrogen) atoms. The van der Waals surface area contributed by atoms with E-state index in [1.165, 1.54) is 17.8 Å². The lowest BCUT2D eigenvalue weighted by Crippen LogP contribution is -2.39. The van der Waals surface area contributed by atoms with Gasteiger partial charge < -0.3 is 10.0 Å². The van der Waals surface area contributed by atoms with E-state index < -0.39 is 5.97 Å². The number of aromatic nitrogens is 1. The van der Waals surface area contributed by atoms with Crippen molar-refractivity contribution in [3.05, 3.63) is 10.0 Å². The molecule has 1 saturated heterocycles. The summed E-state index contributed by atoms with van der Waals surface area (Å²) in [5, 5.41) is 9.89. The van der Waals surface area contributed by atoms with E-state index in [4.69, 9.17) is 16.7 Å². The second-order valence-corrected chi connectivity index (χ2v) is 5.89. The number of carboxylic acid groups (broad SMARTS) is 1. The van der Waals surface area contributed by atoms with Crippen molar-refractivity contribution >= 4 is 34.0 Å². The molecule has 0 amide bonds. The quantitative estimate of drug-likeness (QED) is 0.919. The Bertz CT molecular complexity index is 434. The van der Waals surface area contributed by atoms with Gasteiger partial charge in [0.15, 0.2) is 15.2 Å². The van der Waals surface area contributed by atoms with Gasteiger partial charge in [-0.2, -0.15) is 0 Å². The van der Waals surface area contributed by atoms with E-state index in [0.717, 1.165) is 37.4 Å². The summed E-state index contributed by atoms with van der Waals surface area (Å²) in [6.07, 6.45) is 5.80. The number of rotatable bonds is 4. The third-order valence-electron chi connectivity index (χ3n) is 3.26. The number of hydrogen-bond donors (Lipinski definition) is 1. The molecule has 100 valence electrons. The predicted octanol–water partition coefficient (Wildman–Crippen LogP) is 3.65. The Labute approximate surface area is 116 Å². The normalized spacial score (nSPS) is 20.1. The molecule has 1 unspecified atom stereocenters. The van der Waals surface area contributed by atoms with E-state index in [2.05, 4.69) is 16.8 Å². The van der Waals surface area contributed by atoms with Crippen molar-refractivity contribution < 1.29 is 9.90 Å². The number of halogens is 1. The van der Waals surface area contributed by atoms with Crippen LogP contribution in [0.2, 0.25) is 5.15 Å². The largest absolute Gasteiger partial charge is 0.477 e. The Morgan fingerprint density at radius 3 is 3.00 bits per heavy atom. The first-order valence-corrected chi connectivity index (χ1v) is 7.49. The van der Waals surface area contributed by atoms with Crippen LogP contribution < -0.4 is 4.90 Å². The highest BCUT2D eigenvalue weighted by Crippen LogP contribution is 2.34. The molecule has 1 aromatic rings. The second-order valence-electron chi connectivity index (χ2n) is 4.55. The predicted molar refractivity (Wildman–Crippen MR) is 74.0 cm³/mol. The van der Waals surface area contributed by atoms with Gasteiger partial charge in [0.25, 0.3) is 0 Å². The van der Waals surface area contributed by atoms with Crippen molar-refractivity contribution in [2.75, 3.05) is 11.4 Å². The highest BCUT2D eigenvalue weighted by atomic mass is 35.5. The SMILES string of the molecule is CCCC1CCCCN1c1nc(Cl)c(C(=O)O)s1. The first kappa shape index (κ1) is 13.6. The van der Waals surface area contributed by atoms with Gasteiger partial charge in [-0.05, 0) is 25.7 Å². The zero-order chi connectivity index (χ0) is 13.1. The summed E-state index contributed by atoms with van der Waals surface area (Å²) in [6, 6.07) is 0.479. The molecule has 0 radical (unpaired) electrons. The molecule has 2 heterocycles. The molecule has 0 saturated carbocycles. The molecule has 1 aliphatic rings. The van der Waals surface area contributed by atoms with Crippen molar-refractivity contribution in [2.24, 2.45) is 0 Å². The van der Waals surface area contributed by atoms with Gasteiger partial charge in [0.05, 0.1) is 0 Å². The lowest BCUT2D eigenvalue weighted by atomic mass is 9.99. The molecule has 1 fully saturated rings. The van der Waals surface area contributed by atoms with E-state index >= 15 is 0 Å². The van der Waals surface area contributed by atoms with E-state index in [-0.39, 0.29) is 10.0 Å². The fourth-order valence-corrected chi connectivity index (χ4v) is 3.65. The second kappa shape index (κ2) is 5.89. The molecule has 0 aliphatic carbocycles. The van der Waals surface area contributed by atoms with Gasteiger partial charge in [-0.25, -0.2) is 9.78 Å². The van der Waals surface area contributed by atoms with Gasteiger partial charge in [0.2, 0.25) is 0 Å². The van der Waals surface area contributed by atoms with Crippen molar-refractivity contribution in [3.8, 4) is 0 Å². The molecule has 1 N–H and O–H groups in total. The summed E-state index contributed by atoms with van der Waals surface area (Å²) in [5.74, 6) is -0.993. The van der Waals surface area contributed by atoms with Gasteiger partial charge >= 0.3 is 5.97 Å².